The summed E-state index contributed by atoms with van der Waals surface area (Å²) in [4.78, 5) is 30.4. The number of amides is 1. The summed E-state index contributed by atoms with van der Waals surface area (Å²) in [5.41, 5.74) is 2.98. The fourth-order valence-electron chi connectivity index (χ4n) is 6.83. The van der Waals surface area contributed by atoms with Crippen molar-refractivity contribution in [2.24, 2.45) is 0 Å². The summed E-state index contributed by atoms with van der Waals surface area (Å²) in [5.74, 6) is 0.491. The molecule has 4 heterocycles. The number of nitrogens with zero attached hydrogens (tertiary/aromatic N) is 7. The minimum Gasteiger partial charge on any atom is -0.462 e. The second-order valence-electron chi connectivity index (χ2n) is 12.2. The van der Waals surface area contributed by atoms with E-state index in [2.05, 4.69) is 29.5 Å². The van der Waals surface area contributed by atoms with E-state index >= 15 is 0 Å². The first kappa shape index (κ1) is 33.3. The smallest absolute Gasteiger partial charge is 0.393 e. The van der Waals surface area contributed by atoms with Crippen molar-refractivity contribution < 1.29 is 22.7 Å². The predicted molar refractivity (Wildman–Crippen MR) is 172 cm³/mol. The number of allylic oxidation sites excluding steroid dienone is 1. The van der Waals surface area contributed by atoms with E-state index in [4.69, 9.17) is 14.7 Å². The molecule has 0 N–H and O–H groups in total. The summed E-state index contributed by atoms with van der Waals surface area (Å²) in [6.45, 7) is 9.00. The van der Waals surface area contributed by atoms with Gasteiger partial charge in [0.05, 0.1) is 37.2 Å². The fraction of sp³-hybridized carbons (Fsp3) is 0.529. The van der Waals surface area contributed by atoms with E-state index in [1.165, 1.54) is 6.08 Å². The number of anilines is 2. The Morgan fingerprint density at radius 3 is 2.67 bits per heavy atom. The summed E-state index contributed by atoms with van der Waals surface area (Å²) in [7, 11) is 2.07. The molecule has 5 rings (SSSR count). The Bertz CT molecular complexity index is 1490. The van der Waals surface area contributed by atoms with Gasteiger partial charge in [-0.3, -0.25) is 4.79 Å². The van der Waals surface area contributed by atoms with E-state index in [-0.39, 0.29) is 36.0 Å². The Morgan fingerprint density at radius 1 is 1.15 bits per heavy atom. The molecule has 1 amide bonds. The molecule has 246 valence electrons. The molecular weight excluding hydrogens is 595 g/mol. The van der Waals surface area contributed by atoms with Crippen molar-refractivity contribution in [2.75, 3.05) is 56.2 Å². The average Bonchev–Trinajstić information content (AvgIpc) is 3.31. The molecule has 0 radical (unpaired) electrons. The molecule has 2 atom stereocenters. The summed E-state index contributed by atoms with van der Waals surface area (Å²) in [5, 5.41) is 9.54. The Balaban J connectivity index is 1.53. The second-order valence-corrected chi connectivity index (χ2v) is 12.2. The Kier molecular flexibility index (Phi) is 10.5. The van der Waals surface area contributed by atoms with Gasteiger partial charge >= 0.3 is 12.2 Å². The number of hydrogen-bond acceptors (Lipinski definition) is 8. The monoisotopic (exact) mass is 637 g/mol. The number of rotatable bonds is 9. The minimum atomic E-state index is -4.37. The van der Waals surface area contributed by atoms with Gasteiger partial charge in [-0.15, -0.1) is 0 Å². The number of piperazine rings is 1. The summed E-state index contributed by atoms with van der Waals surface area (Å²) in [6.07, 6.45) is 2.94. The van der Waals surface area contributed by atoms with Crippen molar-refractivity contribution >= 4 is 23.5 Å². The highest BCUT2D eigenvalue weighted by molar-refractivity contribution is 5.87. The van der Waals surface area contributed by atoms with Crippen molar-refractivity contribution in [1.82, 2.24) is 19.8 Å². The van der Waals surface area contributed by atoms with Crippen LogP contribution in [0.4, 0.5) is 24.7 Å². The molecule has 1 aromatic heterocycles. The van der Waals surface area contributed by atoms with E-state index in [0.717, 1.165) is 24.9 Å². The third-order valence-electron chi connectivity index (χ3n) is 9.14. The Labute approximate surface area is 268 Å². The van der Waals surface area contributed by atoms with Crippen LogP contribution in [0.15, 0.2) is 36.9 Å². The molecular formula is C34H42F3N7O2. The highest BCUT2D eigenvalue weighted by Crippen LogP contribution is 2.36. The van der Waals surface area contributed by atoms with Crippen LogP contribution in [0, 0.1) is 11.3 Å². The molecule has 9 nitrogen and oxygen atoms in total. The average molecular weight is 638 g/mol. The lowest BCUT2D eigenvalue weighted by atomic mass is 10.00. The SMILES string of the molecule is C=CC(=O)N1CCN(c2nc(OC[C@@H]3CCCN3C)nc3c2CCCN(c2cccc(/C=C\C)c2CC(F)(F)F)C3)C[C@@H]1CC#N. The largest absolute Gasteiger partial charge is 0.462 e. The minimum absolute atomic E-state index is 0.166. The van der Waals surface area contributed by atoms with E-state index < -0.39 is 12.6 Å². The molecule has 2 fully saturated rings. The number of carbonyl (C=O) groups excluding carboxylic acids is 1. The lowest BCUT2D eigenvalue weighted by Gasteiger charge is -2.41. The van der Waals surface area contributed by atoms with Gasteiger partial charge in [-0.25, -0.2) is 0 Å². The van der Waals surface area contributed by atoms with Crippen LogP contribution in [0.2, 0.25) is 0 Å². The van der Waals surface area contributed by atoms with E-state index in [9.17, 15) is 23.2 Å². The number of benzene rings is 1. The molecule has 3 aliphatic heterocycles. The number of hydrogen-bond donors (Lipinski definition) is 0. The van der Waals surface area contributed by atoms with Gasteiger partial charge < -0.3 is 24.3 Å². The maximum absolute atomic E-state index is 13.8. The molecule has 0 spiro atoms. The number of halogens is 3. The number of ether oxygens (including phenoxy) is 1. The number of aromatic nitrogens is 2. The molecule has 0 saturated carbocycles. The van der Waals surface area contributed by atoms with Crippen LogP contribution < -0.4 is 14.5 Å². The van der Waals surface area contributed by atoms with Gasteiger partial charge in [0.15, 0.2) is 0 Å². The highest BCUT2D eigenvalue weighted by atomic mass is 19.4. The van der Waals surface area contributed by atoms with Crippen molar-refractivity contribution in [3.8, 4) is 12.1 Å². The molecule has 0 bridgehead atoms. The topological polar surface area (TPSA) is 88.8 Å². The predicted octanol–water partition coefficient (Wildman–Crippen LogP) is 5.16. The van der Waals surface area contributed by atoms with E-state index in [1.54, 1.807) is 42.2 Å². The van der Waals surface area contributed by atoms with Crippen LogP contribution in [0.25, 0.3) is 6.08 Å². The summed E-state index contributed by atoms with van der Waals surface area (Å²) in [6, 6.07) is 7.63. The van der Waals surface area contributed by atoms with Gasteiger partial charge in [-0.1, -0.05) is 30.9 Å². The van der Waals surface area contributed by atoms with Crippen LogP contribution in [-0.2, 0) is 24.2 Å². The summed E-state index contributed by atoms with van der Waals surface area (Å²) >= 11 is 0. The van der Waals surface area contributed by atoms with Crippen molar-refractivity contribution in [2.45, 2.75) is 70.3 Å². The maximum atomic E-state index is 13.8. The molecule has 12 heteroatoms. The Morgan fingerprint density at radius 2 is 1.98 bits per heavy atom. The molecule has 46 heavy (non-hydrogen) atoms. The van der Waals surface area contributed by atoms with Gasteiger partial charge in [0.25, 0.3) is 0 Å². The lowest BCUT2D eigenvalue weighted by molar-refractivity contribution is -0.129. The summed E-state index contributed by atoms with van der Waals surface area (Å²) < 4.78 is 47.7. The van der Waals surface area contributed by atoms with Crippen LogP contribution >= 0.6 is 0 Å². The number of fused-ring (bicyclic) bond motifs is 1. The Hall–Kier alpha value is -4.11. The quantitative estimate of drug-likeness (QED) is 0.349. The first-order chi connectivity index (χ1) is 22.1. The third-order valence-corrected chi connectivity index (χ3v) is 9.14. The molecule has 0 aliphatic carbocycles. The van der Waals surface area contributed by atoms with Crippen LogP contribution in [0.1, 0.15) is 55.0 Å². The highest BCUT2D eigenvalue weighted by Gasteiger charge is 2.35. The zero-order valence-electron chi connectivity index (χ0n) is 26.6. The number of alkyl halides is 3. The lowest BCUT2D eigenvalue weighted by Crippen LogP contribution is -2.55. The number of carbonyl (C=O) groups is 1. The van der Waals surface area contributed by atoms with Crippen LogP contribution in [0.5, 0.6) is 6.01 Å². The van der Waals surface area contributed by atoms with Gasteiger partial charge in [-0.05, 0) is 69.5 Å². The van der Waals surface area contributed by atoms with Crippen LogP contribution in [-0.4, -0.2) is 90.3 Å². The van der Waals surface area contributed by atoms with Crippen molar-refractivity contribution in [3.05, 3.63) is 59.3 Å². The number of nitriles is 1. The van der Waals surface area contributed by atoms with Crippen molar-refractivity contribution in [3.63, 3.8) is 0 Å². The van der Waals surface area contributed by atoms with E-state index in [0.29, 0.717) is 74.9 Å². The third kappa shape index (κ3) is 7.64. The van der Waals surface area contributed by atoms with E-state index in [1.807, 2.05) is 4.90 Å². The van der Waals surface area contributed by atoms with Gasteiger partial charge in [0, 0.05) is 43.5 Å². The normalized spacial score (nSPS) is 20.8. The fourth-order valence-corrected chi connectivity index (χ4v) is 6.83. The maximum Gasteiger partial charge on any atom is 0.393 e. The van der Waals surface area contributed by atoms with Gasteiger partial charge in [0.1, 0.15) is 12.4 Å². The molecule has 2 saturated heterocycles. The zero-order valence-corrected chi connectivity index (χ0v) is 26.6. The first-order valence-electron chi connectivity index (χ1n) is 16.0. The molecule has 3 aliphatic rings. The zero-order chi connectivity index (χ0) is 32.8. The van der Waals surface area contributed by atoms with Gasteiger partial charge in [0.2, 0.25) is 5.91 Å². The van der Waals surface area contributed by atoms with Gasteiger partial charge in [-0.2, -0.15) is 28.4 Å². The van der Waals surface area contributed by atoms with Crippen molar-refractivity contribution in [1.29, 1.82) is 5.26 Å². The standard InChI is InChI=1S/C34H42F3N7O2/c1-4-9-24-10-6-13-30(28(24)20-34(35,36)37)42-17-8-12-27-29(22-42)39-33(46-23-26-11-7-16-41(26)3)40-32(27)43-18-19-44(31(45)5-2)25(21-43)14-15-38/h4-6,9-10,13,25-26H,2,7-8,11-12,14,16-23H2,1,3H3/b9-4-/t25-,26-/m0/s1. The number of likely N-dealkylation sites (N-methyl/N-ethyl adjacent to an activating group) is 1. The molecule has 2 aromatic rings. The molecule has 0 unspecified atom stereocenters. The van der Waals surface area contributed by atoms with Crippen LogP contribution in [0.3, 0.4) is 0 Å². The molecule has 1 aromatic carbocycles. The first-order valence-corrected chi connectivity index (χ1v) is 16.0. The number of likely N-dealkylation sites (tertiary alicyclic amines) is 1. The second kappa shape index (κ2) is 14.5.